The molecule has 0 spiro atoms. The highest BCUT2D eigenvalue weighted by atomic mass is 16.3. The number of aliphatic hydroxyl groups excluding tert-OH is 1. The fourth-order valence-electron chi connectivity index (χ4n) is 2.85. The van der Waals surface area contributed by atoms with Crippen LogP contribution in [0, 0.1) is 11.8 Å². The van der Waals surface area contributed by atoms with Gasteiger partial charge in [0, 0.05) is 18.9 Å². The van der Waals surface area contributed by atoms with Crippen molar-refractivity contribution in [3.05, 3.63) is 0 Å². The van der Waals surface area contributed by atoms with Gasteiger partial charge >= 0.3 is 0 Å². The molecule has 1 aliphatic rings. The van der Waals surface area contributed by atoms with Crippen molar-refractivity contribution in [2.24, 2.45) is 17.6 Å². The predicted molar refractivity (Wildman–Crippen MR) is 69.6 cm³/mol. The zero-order chi connectivity index (χ0) is 12.8. The minimum absolute atomic E-state index is 0.0726. The van der Waals surface area contributed by atoms with Crippen LogP contribution in [0.4, 0.5) is 0 Å². The SMILES string of the molecule is CCCCCC(=O)CC[C@@H]1C(C)[C@@H](O)C[C@H]1N. The number of aliphatic hydroxyl groups is 1. The van der Waals surface area contributed by atoms with E-state index in [1.54, 1.807) is 0 Å². The van der Waals surface area contributed by atoms with E-state index in [1.807, 2.05) is 6.92 Å². The molecule has 0 aromatic heterocycles. The Balaban J connectivity index is 2.23. The minimum atomic E-state index is -0.273. The highest BCUT2D eigenvalue weighted by Crippen LogP contribution is 2.34. The van der Waals surface area contributed by atoms with E-state index in [4.69, 9.17) is 5.73 Å². The van der Waals surface area contributed by atoms with Crippen molar-refractivity contribution in [3.63, 3.8) is 0 Å². The number of nitrogens with two attached hydrogens (primary N) is 1. The van der Waals surface area contributed by atoms with Crippen LogP contribution in [0.1, 0.15) is 58.8 Å². The van der Waals surface area contributed by atoms with Gasteiger partial charge in [-0.05, 0) is 31.1 Å². The van der Waals surface area contributed by atoms with Gasteiger partial charge in [-0.1, -0.05) is 26.7 Å². The van der Waals surface area contributed by atoms with Gasteiger partial charge in [-0.15, -0.1) is 0 Å². The van der Waals surface area contributed by atoms with Crippen LogP contribution in [0.25, 0.3) is 0 Å². The highest BCUT2D eigenvalue weighted by molar-refractivity contribution is 5.78. The largest absolute Gasteiger partial charge is 0.393 e. The second-order valence-corrected chi connectivity index (χ2v) is 5.52. The van der Waals surface area contributed by atoms with Crippen molar-refractivity contribution in [2.75, 3.05) is 0 Å². The average molecular weight is 241 g/mol. The summed E-state index contributed by atoms with van der Waals surface area (Å²) in [5.41, 5.74) is 6.00. The summed E-state index contributed by atoms with van der Waals surface area (Å²) in [7, 11) is 0. The lowest BCUT2D eigenvalue weighted by Gasteiger charge is -2.19. The number of ketones is 1. The summed E-state index contributed by atoms with van der Waals surface area (Å²) in [5, 5.41) is 9.71. The Kier molecular flexibility index (Phi) is 6.14. The predicted octanol–water partition coefficient (Wildman–Crippen LogP) is 2.26. The number of unbranched alkanes of at least 4 members (excludes halogenated alkanes) is 2. The van der Waals surface area contributed by atoms with E-state index in [0.29, 0.717) is 31.0 Å². The van der Waals surface area contributed by atoms with Gasteiger partial charge in [0.05, 0.1) is 6.10 Å². The van der Waals surface area contributed by atoms with Crippen LogP contribution in [0.15, 0.2) is 0 Å². The zero-order valence-corrected chi connectivity index (χ0v) is 11.2. The van der Waals surface area contributed by atoms with Crippen molar-refractivity contribution in [2.45, 2.75) is 70.9 Å². The third-order valence-corrected chi connectivity index (χ3v) is 4.16. The fraction of sp³-hybridized carbons (Fsp3) is 0.929. The van der Waals surface area contributed by atoms with Crippen LogP contribution in [0.2, 0.25) is 0 Å². The van der Waals surface area contributed by atoms with Crippen LogP contribution in [-0.2, 0) is 4.79 Å². The van der Waals surface area contributed by atoms with Gasteiger partial charge in [-0.3, -0.25) is 4.79 Å². The summed E-state index contributed by atoms with van der Waals surface area (Å²) >= 11 is 0. The van der Waals surface area contributed by atoms with Crippen LogP contribution in [-0.4, -0.2) is 23.0 Å². The van der Waals surface area contributed by atoms with Gasteiger partial charge < -0.3 is 10.8 Å². The second kappa shape index (κ2) is 7.12. The molecule has 17 heavy (non-hydrogen) atoms. The number of rotatable bonds is 7. The Morgan fingerprint density at radius 2 is 2.06 bits per heavy atom. The van der Waals surface area contributed by atoms with Crippen LogP contribution < -0.4 is 5.73 Å². The number of carbonyl (C=O) groups is 1. The Morgan fingerprint density at radius 1 is 1.35 bits per heavy atom. The number of Topliss-reactive ketones (excluding diaryl/α,β-unsaturated/α-hetero) is 1. The van der Waals surface area contributed by atoms with Gasteiger partial charge in [-0.2, -0.15) is 0 Å². The quantitative estimate of drug-likeness (QED) is 0.672. The first-order chi connectivity index (χ1) is 8.06. The molecule has 3 heteroatoms. The molecule has 0 heterocycles. The van der Waals surface area contributed by atoms with E-state index in [-0.39, 0.29) is 18.1 Å². The first kappa shape index (κ1) is 14.7. The molecule has 0 aromatic carbocycles. The summed E-state index contributed by atoms with van der Waals surface area (Å²) in [6.07, 6.45) is 5.94. The van der Waals surface area contributed by atoms with Gasteiger partial charge in [-0.25, -0.2) is 0 Å². The molecule has 0 amide bonds. The molecule has 1 rings (SSSR count). The van der Waals surface area contributed by atoms with Crippen molar-refractivity contribution in [1.82, 2.24) is 0 Å². The topological polar surface area (TPSA) is 63.3 Å². The number of carbonyl (C=O) groups excluding carboxylic acids is 1. The van der Waals surface area contributed by atoms with E-state index >= 15 is 0 Å². The van der Waals surface area contributed by atoms with E-state index in [1.165, 1.54) is 0 Å². The van der Waals surface area contributed by atoms with E-state index in [2.05, 4.69) is 6.92 Å². The molecule has 0 bridgehead atoms. The number of hydrogen-bond donors (Lipinski definition) is 2. The van der Waals surface area contributed by atoms with Gasteiger partial charge in [0.15, 0.2) is 0 Å². The highest BCUT2D eigenvalue weighted by Gasteiger charge is 2.37. The summed E-state index contributed by atoms with van der Waals surface area (Å²) in [6, 6.07) is 0.0726. The summed E-state index contributed by atoms with van der Waals surface area (Å²) in [6.45, 7) is 4.19. The third kappa shape index (κ3) is 4.40. The van der Waals surface area contributed by atoms with Gasteiger partial charge in [0.2, 0.25) is 0 Å². The Morgan fingerprint density at radius 3 is 2.59 bits per heavy atom. The summed E-state index contributed by atoms with van der Waals surface area (Å²) < 4.78 is 0. The maximum atomic E-state index is 11.7. The average Bonchev–Trinajstić information content (AvgIpc) is 2.51. The molecule has 0 aliphatic heterocycles. The molecule has 1 fully saturated rings. The van der Waals surface area contributed by atoms with Gasteiger partial charge in [0.25, 0.3) is 0 Å². The zero-order valence-electron chi connectivity index (χ0n) is 11.2. The first-order valence-electron chi connectivity index (χ1n) is 7.01. The maximum Gasteiger partial charge on any atom is 0.132 e. The first-order valence-corrected chi connectivity index (χ1v) is 7.01. The third-order valence-electron chi connectivity index (χ3n) is 4.16. The Hall–Kier alpha value is -0.410. The Labute approximate surface area is 105 Å². The normalized spacial score (nSPS) is 32.9. The van der Waals surface area contributed by atoms with Crippen LogP contribution >= 0.6 is 0 Å². The molecule has 1 saturated carbocycles. The van der Waals surface area contributed by atoms with Gasteiger partial charge in [0.1, 0.15) is 5.78 Å². The lowest BCUT2D eigenvalue weighted by Crippen LogP contribution is -2.27. The standard InChI is InChI=1S/C14H27NO2/c1-3-4-5-6-11(16)7-8-12-10(2)14(17)9-13(12)15/h10,12-14,17H,3-9,15H2,1-2H3/t10?,12-,13-,14+/m1/s1. The molecule has 1 aliphatic carbocycles. The van der Waals surface area contributed by atoms with Crippen molar-refractivity contribution in [1.29, 1.82) is 0 Å². The molecule has 0 radical (unpaired) electrons. The molecule has 1 unspecified atom stereocenters. The lowest BCUT2D eigenvalue weighted by atomic mass is 9.89. The van der Waals surface area contributed by atoms with Crippen molar-refractivity contribution >= 4 is 5.78 Å². The lowest BCUT2D eigenvalue weighted by molar-refractivity contribution is -0.119. The van der Waals surface area contributed by atoms with Crippen LogP contribution in [0.3, 0.4) is 0 Å². The van der Waals surface area contributed by atoms with Crippen LogP contribution in [0.5, 0.6) is 0 Å². The van der Waals surface area contributed by atoms with E-state index < -0.39 is 0 Å². The summed E-state index contributed by atoms with van der Waals surface area (Å²) in [4.78, 5) is 11.7. The molecule has 0 saturated heterocycles. The molecule has 100 valence electrons. The molecular formula is C14H27NO2. The van der Waals surface area contributed by atoms with Crippen molar-refractivity contribution in [3.8, 4) is 0 Å². The monoisotopic (exact) mass is 241 g/mol. The molecular weight excluding hydrogens is 214 g/mol. The smallest absolute Gasteiger partial charge is 0.132 e. The minimum Gasteiger partial charge on any atom is -0.393 e. The maximum absolute atomic E-state index is 11.7. The molecule has 4 atom stereocenters. The van der Waals surface area contributed by atoms with E-state index in [0.717, 1.165) is 25.7 Å². The van der Waals surface area contributed by atoms with Crippen molar-refractivity contribution < 1.29 is 9.90 Å². The van der Waals surface area contributed by atoms with E-state index in [9.17, 15) is 9.90 Å². The molecule has 3 N–H and O–H groups in total. The Bertz CT molecular complexity index is 242. The summed E-state index contributed by atoms with van der Waals surface area (Å²) in [5.74, 6) is 0.924. The second-order valence-electron chi connectivity index (χ2n) is 5.52. The number of hydrogen-bond acceptors (Lipinski definition) is 3. The fourth-order valence-corrected chi connectivity index (χ4v) is 2.85. The molecule has 0 aromatic rings. The molecule has 3 nitrogen and oxygen atoms in total.